The van der Waals surface area contributed by atoms with Crippen LogP contribution in [0.2, 0.25) is 0 Å². The molecule has 96 valence electrons. The van der Waals surface area contributed by atoms with Gasteiger partial charge >= 0.3 is 5.97 Å². The lowest BCUT2D eigenvalue weighted by molar-refractivity contribution is 0.0695. The lowest BCUT2D eigenvalue weighted by atomic mass is 10.2. The minimum absolute atomic E-state index is 0.238. The highest BCUT2D eigenvalue weighted by Gasteiger charge is 2.20. The van der Waals surface area contributed by atoms with Gasteiger partial charge < -0.3 is 5.11 Å². The largest absolute Gasteiger partial charge is 0.478 e. The van der Waals surface area contributed by atoms with Crippen molar-refractivity contribution in [2.24, 2.45) is 0 Å². The van der Waals surface area contributed by atoms with E-state index in [2.05, 4.69) is 21.4 Å². The molecule has 2 heterocycles. The molecule has 2 rings (SSSR count). The predicted molar refractivity (Wildman–Crippen MR) is 67.5 cm³/mol. The van der Waals surface area contributed by atoms with Crippen LogP contribution in [0.1, 0.15) is 40.9 Å². The smallest absolute Gasteiger partial charge is 0.339 e. The van der Waals surface area contributed by atoms with Gasteiger partial charge in [-0.05, 0) is 20.3 Å². The maximum atomic E-state index is 11.1. The van der Waals surface area contributed by atoms with Crippen molar-refractivity contribution in [3.05, 3.63) is 22.8 Å². The Labute approximate surface area is 108 Å². The number of hydrogen-bond donors (Lipinski definition) is 1. The topological polar surface area (TPSA) is 80.9 Å². The van der Waals surface area contributed by atoms with E-state index in [4.69, 9.17) is 5.11 Å². The third kappa shape index (κ3) is 2.13. The molecule has 0 aliphatic carbocycles. The lowest BCUT2D eigenvalue weighted by Crippen LogP contribution is -2.02. The Hall–Kier alpha value is -1.76. The van der Waals surface area contributed by atoms with Crippen LogP contribution in [0.3, 0.4) is 0 Å². The molecule has 0 atom stereocenters. The average Bonchev–Trinajstić information content (AvgIpc) is 2.84. The summed E-state index contributed by atoms with van der Waals surface area (Å²) in [5.41, 5.74) is 1.31. The molecule has 0 fully saturated rings. The van der Waals surface area contributed by atoms with Crippen LogP contribution in [0.4, 0.5) is 0 Å². The zero-order valence-corrected chi connectivity index (χ0v) is 11.3. The summed E-state index contributed by atoms with van der Waals surface area (Å²) in [4.78, 5) is 15.5. The lowest BCUT2D eigenvalue weighted by Gasteiger charge is -1.97. The molecule has 0 amide bonds. The molecule has 0 bridgehead atoms. The number of aromatic nitrogens is 4. The summed E-state index contributed by atoms with van der Waals surface area (Å²) in [6, 6.07) is 0. The SMILES string of the molecule is CCCc1nsc(-n2nc(C)c(C(=O)O)c2C)n1. The first-order valence-corrected chi connectivity index (χ1v) is 6.44. The van der Waals surface area contributed by atoms with E-state index in [1.54, 1.807) is 18.5 Å². The van der Waals surface area contributed by atoms with Gasteiger partial charge in [0.15, 0.2) is 0 Å². The molecule has 0 aromatic carbocycles. The zero-order valence-electron chi connectivity index (χ0n) is 10.5. The molecule has 2 aromatic heterocycles. The van der Waals surface area contributed by atoms with E-state index >= 15 is 0 Å². The van der Waals surface area contributed by atoms with Gasteiger partial charge in [0.1, 0.15) is 11.4 Å². The normalized spacial score (nSPS) is 10.8. The van der Waals surface area contributed by atoms with Crippen LogP contribution in [-0.2, 0) is 6.42 Å². The standard InChI is InChI=1S/C11H14N4O2S/c1-4-5-8-12-11(18-14-8)15-7(3)9(10(16)17)6(2)13-15/h4-5H2,1-3H3,(H,16,17). The number of hydrogen-bond acceptors (Lipinski definition) is 5. The van der Waals surface area contributed by atoms with Crippen molar-refractivity contribution in [3.63, 3.8) is 0 Å². The van der Waals surface area contributed by atoms with Crippen LogP contribution in [0.25, 0.3) is 5.13 Å². The van der Waals surface area contributed by atoms with Gasteiger partial charge in [-0.2, -0.15) is 9.47 Å². The molecular formula is C11H14N4O2S. The van der Waals surface area contributed by atoms with Crippen molar-refractivity contribution in [2.75, 3.05) is 0 Å². The van der Waals surface area contributed by atoms with Gasteiger partial charge in [0.25, 0.3) is 0 Å². The highest BCUT2D eigenvalue weighted by atomic mass is 32.1. The molecule has 0 aliphatic rings. The van der Waals surface area contributed by atoms with Crippen molar-refractivity contribution in [2.45, 2.75) is 33.6 Å². The quantitative estimate of drug-likeness (QED) is 0.915. The van der Waals surface area contributed by atoms with Gasteiger partial charge in [0.05, 0.1) is 11.4 Å². The third-order valence-electron chi connectivity index (χ3n) is 2.62. The maximum absolute atomic E-state index is 11.1. The predicted octanol–water partition coefficient (Wildman–Crippen LogP) is 1.99. The summed E-state index contributed by atoms with van der Waals surface area (Å²) >= 11 is 1.24. The van der Waals surface area contributed by atoms with Crippen LogP contribution < -0.4 is 0 Å². The second-order valence-electron chi connectivity index (χ2n) is 4.01. The second kappa shape index (κ2) is 4.85. The van der Waals surface area contributed by atoms with E-state index in [0.29, 0.717) is 16.5 Å². The van der Waals surface area contributed by atoms with Crippen LogP contribution >= 0.6 is 11.5 Å². The van der Waals surface area contributed by atoms with Gasteiger partial charge in [-0.1, -0.05) is 6.92 Å². The molecule has 0 unspecified atom stereocenters. The van der Waals surface area contributed by atoms with Gasteiger partial charge in [0, 0.05) is 18.0 Å². The number of nitrogens with zero attached hydrogens (tertiary/aromatic N) is 4. The maximum Gasteiger partial charge on any atom is 0.339 e. The molecule has 0 saturated heterocycles. The molecule has 7 heteroatoms. The summed E-state index contributed by atoms with van der Waals surface area (Å²) in [7, 11) is 0. The molecule has 6 nitrogen and oxygen atoms in total. The van der Waals surface area contributed by atoms with Gasteiger partial charge in [-0.3, -0.25) is 0 Å². The number of rotatable bonds is 4. The van der Waals surface area contributed by atoms with Crippen LogP contribution in [0, 0.1) is 13.8 Å². The van der Waals surface area contributed by atoms with E-state index in [9.17, 15) is 4.79 Å². The van der Waals surface area contributed by atoms with Gasteiger partial charge in [0.2, 0.25) is 5.13 Å². The molecule has 18 heavy (non-hydrogen) atoms. The van der Waals surface area contributed by atoms with Crippen molar-refractivity contribution in [1.29, 1.82) is 0 Å². The number of aromatic carboxylic acids is 1. The van der Waals surface area contributed by atoms with E-state index in [1.807, 2.05) is 0 Å². The Kier molecular flexibility index (Phi) is 3.42. The van der Waals surface area contributed by atoms with Crippen LogP contribution in [0.5, 0.6) is 0 Å². The summed E-state index contributed by atoms with van der Waals surface area (Å²) in [5, 5.41) is 13.9. The first-order valence-electron chi connectivity index (χ1n) is 5.67. The summed E-state index contributed by atoms with van der Waals surface area (Å²) in [6.45, 7) is 5.47. The molecule has 2 aromatic rings. The molecule has 0 spiro atoms. The highest BCUT2D eigenvalue weighted by Crippen LogP contribution is 2.19. The molecule has 1 N–H and O–H groups in total. The molecular weight excluding hydrogens is 252 g/mol. The fraction of sp³-hybridized carbons (Fsp3) is 0.455. The number of aryl methyl sites for hydroxylation is 2. The van der Waals surface area contributed by atoms with E-state index in [1.165, 1.54) is 11.5 Å². The fourth-order valence-electron chi connectivity index (χ4n) is 1.79. The van der Waals surface area contributed by atoms with Gasteiger partial charge in [-0.25, -0.2) is 14.5 Å². The summed E-state index contributed by atoms with van der Waals surface area (Å²) in [6.07, 6.45) is 1.80. The second-order valence-corrected chi connectivity index (χ2v) is 4.74. The summed E-state index contributed by atoms with van der Waals surface area (Å²) in [5.74, 6) is -0.184. The van der Waals surface area contributed by atoms with Crippen molar-refractivity contribution in [3.8, 4) is 5.13 Å². The minimum atomic E-state index is -0.963. The Morgan fingerprint density at radius 3 is 2.72 bits per heavy atom. The number of carboxylic acid groups (broad SMARTS) is 1. The third-order valence-corrected chi connectivity index (χ3v) is 3.35. The Bertz CT molecular complexity index is 588. The molecule has 0 saturated carbocycles. The van der Waals surface area contributed by atoms with Crippen LogP contribution in [0.15, 0.2) is 0 Å². The fourth-order valence-corrected chi connectivity index (χ4v) is 2.51. The number of carbonyl (C=O) groups is 1. The van der Waals surface area contributed by atoms with E-state index in [-0.39, 0.29) is 5.56 Å². The first kappa shape index (κ1) is 12.7. The minimum Gasteiger partial charge on any atom is -0.478 e. The van der Waals surface area contributed by atoms with Crippen LogP contribution in [-0.4, -0.2) is 30.2 Å². The van der Waals surface area contributed by atoms with Crippen molar-refractivity contribution < 1.29 is 9.90 Å². The first-order chi connectivity index (χ1) is 8.54. The van der Waals surface area contributed by atoms with Crippen molar-refractivity contribution >= 4 is 17.5 Å². The van der Waals surface area contributed by atoms with E-state index < -0.39 is 5.97 Å². The van der Waals surface area contributed by atoms with Crippen molar-refractivity contribution in [1.82, 2.24) is 19.1 Å². The summed E-state index contributed by atoms with van der Waals surface area (Å²) < 4.78 is 5.78. The molecule has 0 radical (unpaired) electrons. The molecule has 0 aliphatic heterocycles. The monoisotopic (exact) mass is 266 g/mol. The van der Waals surface area contributed by atoms with E-state index in [0.717, 1.165) is 18.7 Å². The Morgan fingerprint density at radius 1 is 1.44 bits per heavy atom. The highest BCUT2D eigenvalue weighted by molar-refractivity contribution is 7.08. The number of carboxylic acids is 1. The average molecular weight is 266 g/mol. The zero-order chi connectivity index (χ0) is 13.3. The Morgan fingerprint density at radius 2 is 2.17 bits per heavy atom. The van der Waals surface area contributed by atoms with Gasteiger partial charge in [-0.15, -0.1) is 0 Å². The Balaban J connectivity index is 2.44.